The van der Waals surface area contributed by atoms with Gasteiger partial charge in [0.05, 0.1) is 24.2 Å². The zero-order valence-electron chi connectivity index (χ0n) is 9.51. The van der Waals surface area contributed by atoms with Gasteiger partial charge in [0.15, 0.2) is 0 Å². The number of aliphatic hydroxyl groups is 1. The molecule has 1 rings (SSSR count). The molecule has 84 valence electrons. The van der Waals surface area contributed by atoms with Gasteiger partial charge in [-0.05, 0) is 26.0 Å². The van der Waals surface area contributed by atoms with Crippen LogP contribution >= 0.6 is 0 Å². The van der Waals surface area contributed by atoms with E-state index in [0.717, 1.165) is 11.4 Å². The molecule has 0 aliphatic rings. The van der Waals surface area contributed by atoms with E-state index >= 15 is 0 Å². The van der Waals surface area contributed by atoms with Gasteiger partial charge in [-0.2, -0.15) is 0 Å². The minimum Gasteiger partial charge on any atom is -0.394 e. The number of nitrogens with two attached hydrogens (primary N) is 1. The number of pyridine rings is 1. The van der Waals surface area contributed by atoms with Crippen molar-refractivity contribution in [2.75, 3.05) is 18.6 Å². The third-order valence-electron chi connectivity index (χ3n) is 2.57. The SMILES string of the molecule is CC(CO)N(C)c1ccc([C@@H](C)N)nc1. The molecule has 0 saturated heterocycles. The molecule has 1 aromatic rings. The first-order chi connectivity index (χ1) is 7.06. The molecule has 0 saturated carbocycles. The number of rotatable bonds is 4. The van der Waals surface area contributed by atoms with E-state index in [1.165, 1.54) is 0 Å². The van der Waals surface area contributed by atoms with E-state index in [9.17, 15) is 0 Å². The number of hydrogen-bond acceptors (Lipinski definition) is 4. The van der Waals surface area contributed by atoms with Crippen LogP contribution < -0.4 is 10.6 Å². The standard InChI is InChI=1S/C11H19N3O/c1-8(7-15)14(3)10-4-5-11(9(2)12)13-6-10/h4-6,8-9,15H,7,12H2,1-3H3/t8?,9-/m1/s1. The fraction of sp³-hybridized carbons (Fsp3) is 0.545. The molecule has 0 spiro atoms. The molecule has 2 atom stereocenters. The van der Waals surface area contributed by atoms with Crippen molar-refractivity contribution in [3.63, 3.8) is 0 Å². The van der Waals surface area contributed by atoms with Gasteiger partial charge < -0.3 is 15.7 Å². The fourth-order valence-corrected chi connectivity index (χ4v) is 1.25. The van der Waals surface area contributed by atoms with Crippen molar-refractivity contribution in [3.8, 4) is 0 Å². The first kappa shape index (κ1) is 11.9. The highest BCUT2D eigenvalue weighted by molar-refractivity contribution is 5.44. The summed E-state index contributed by atoms with van der Waals surface area (Å²) < 4.78 is 0. The summed E-state index contributed by atoms with van der Waals surface area (Å²) >= 11 is 0. The highest BCUT2D eigenvalue weighted by atomic mass is 16.3. The molecule has 0 fully saturated rings. The highest BCUT2D eigenvalue weighted by Crippen LogP contribution is 2.15. The average molecular weight is 209 g/mol. The Balaban J connectivity index is 2.79. The third kappa shape index (κ3) is 2.91. The molecular weight excluding hydrogens is 190 g/mol. The molecule has 0 bridgehead atoms. The Morgan fingerprint density at radius 1 is 1.47 bits per heavy atom. The Morgan fingerprint density at radius 2 is 2.13 bits per heavy atom. The third-order valence-corrected chi connectivity index (χ3v) is 2.57. The Morgan fingerprint density at radius 3 is 2.53 bits per heavy atom. The quantitative estimate of drug-likeness (QED) is 0.774. The van der Waals surface area contributed by atoms with Crippen molar-refractivity contribution in [2.24, 2.45) is 5.73 Å². The maximum atomic E-state index is 9.03. The number of nitrogens with zero attached hydrogens (tertiary/aromatic N) is 2. The summed E-state index contributed by atoms with van der Waals surface area (Å²) in [7, 11) is 1.93. The van der Waals surface area contributed by atoms with Crippen molar-refractivity contribution in [1.29, 1.82) is 0 Å². The number of hydrogen-bond donors (Lipinski definition) is 2. The van der Waals surface area contributed by atoms with Gasteiger partial charge in [-0.3, -0.25) is 4.98 Å². The van der Waals surface area contributed by atoms with Crippen molar-refractivity contribution in [1.82, 2.24) is 4.98 Å². The summed E-state index contributed by atoms with van der Waals surface area (Å²) in [5, 5.41) is 9.03. The molecular formula is C11H19N3O. The van der Waals surface area contributed by atoms with E-state index in [1.807, 2.05) is 37.9 Å². The Hall–Kier alpha value is -1.13. The Labute approximate surface area is 90.7 Å². The summed E-state index contributed by atoms with van der Waals surface area (Å²) in [5.74, 6) is 0. The maximum absolute atomic E-state index is 9.03. The lowest BCUT2D eigenvalue weighted by Crippen LogP contribution is -2.31. The van der Waals surface area contributed by atoms with Gasteiger partial charge in [0.1, 0.15) is 0 Å². The predicted octanol–water partition coefficient (Wildman–Crippen LogP) is 0.918. The largest absolute Gasteiger partial charge is 0.394 e. The molecule has 0 aromatic carbocycles. The molecule has 1 unspecified atom stereocenters. The topological polar surface area (TPSA) is 62.4 Å². The molecule has 3 N–H and O–H groups in total. The zero-order valence-corrected chi connectivity index (χ0v) is 9.51. The lowest BCUT2D eigenvalue weighted by Gasteiger charge is -2.25. The lowest BCUT2D eigenvalue weighted by molar-refractivity contribution is 0.270. The van der Waals surface area contributed by atoms with Crippen molar-refractivity contribution >= 4 is 5.69 Å². The summed E-state index contributed by atoms with van der Waals surface area (Å²) in [6, 6.07) is 3.94. The number of anilines is 1. The molecule has 0 aliphatic carbocycles. The molecule has 0 amide bonds. The summed E-state index contributed by atoms with van der Waals surface area (Å²) in [4.78, 5) is 6.25. The second-order valence-electron chi connectivity index (χ2n) is 3.87. The summed E-state index contributed by atoms with van der Waals surface area (Å²) in [5.41, 5.74) is 7.58. The minimum atomic E-state index is -0.0420. The number of aromatic nitrogens is 1. The van der Waals surface area contributed by atoms with E-state index in [-0.39, 0.29) is 18.7 Å². The van der Waals surface area contributed by atoms with Gasteiger partial charge in [-0.25, -0.2) is 0 Å². The van der Waals surface area contributed by atoms with Crippen LogP contribution in [0.4, 0.5) is 5.69 Å². The van der Waals surface area contributed by atoms with Gasteiger partial charge in [-0.15, -0.1) is 0 Å². The number of likely N-dealkylation sites (N-methyl/N-ethyl adjacent to an activating group) is 1. The fourth-order valence-electron chi connectivity index (χ4n) is 1.25. The molecule has 4 nitrogen and oxygen atoms in total. The molecule has 4 heteroatoms. The summed E-state index contributed by atoms with van der Waals surface area (Å²) in [6.07, 6.45) is 1.78. The van der Waals surface area contributed by atoms with Gasteiger partial charge in [0.2, 0.25) is 0 Å². The van der Waals surface area contributed by atoms with Crippen LogP contribution in [0.5, 0.6) is 0 Å². The summed E-state index contributed by atoms with van der Waals surface area (Å²) in [6.45, 7) is 3.99. The van der Waals surface area contributed by atoms with E-state index in [2.05, 4.69) is 4.98 Å². The van der Waals surface area contributed by atoms with Crippen LogP contribution in [0, 0.1) is 0 Å². The molecule has 1 heterocycles. The maximum Gasteiger partial charge on any atom is 0.0632 e. The van der Waals surface area contributed by atoms with Crippen molar-refractivity contribution in [3.05, 3.63) is 24.0 Å². The van der Waals surface area contributed by atoms with E-state index in [4.69, 9.17) is 10.8 Å². The van der Waals surface area contributed by atoms with Gasteiger partial charge >= 0.3 is 0 Å². The normalized spacial score (nSPS) is 14.7. The first-order valence-electron chi connectivity index (χ1n) is 5.11. The van der Waals surface area contributed by atoms with Gasteiger partial charge in [0, 0.05) is 19.1 Å². The van der Waals surface area contributed by atoms with Crippen LogP contribution in [-0.2, 0) is 0 Å². The van der Waals surface area contributed by atoms with Crippen LogP contribution in [0.3, 0.4) is 0 Å². The Kier molecular flexibility index (Phi) is 4.05. The van der Waals surface area contributed by atoms with Crippen LogP contribution in [0.1, 0.15) is 25.6 Å². The zero-order chi connectivity index (χ0) is 11.4. The average Bonchev–Trinajstić information content (AvgIpc) is 2.27. The monoisotopic (exact) mass is 209 g/mol. The van der Waals surface area contributed by atoms with E-state index < -0.39 is 0 Å². The number of aliphatic hydroxyl groups excluding tert-OH is 1. The van der Waals surface area contributed by atoms with Crippen molar-refractivity contribution < 1.29 is 5.11 Å². The second kappa shape index (κ2) is 5.09. The van der Waals surface area contributed by atoms with Gasteiger partial charge in [0.25, 0.3) is 0 Å². The molecule has 0 aliphatic heterocycles. The van der Waals surface area contributed by atoms with Crippen LogP contribution in [0.25, 0.3) is 0 Å². The van der Waals surface area contributed by atoms with Crippen LogP contribution in [0.15, 0.2) is 18.3 Å². The highest BCUT2D eigenvalue weighted by Gasteiger charge is 2.09. The van der Waals surface area contributed by atoms with Crippen molar-refractivity contribution in [2.45, 2.75) is 25.9 Å². The lowest BCUT2D eigenvalue weighted by atomic mass is 10.2. The molecule has 15 heavy (non-hydrogen) atoms. The first-order valence-corrected chi connectivity index (χ1v) is 5.11. The van der Waals surface area contributed by atoms with Crippen LogP contribution in [-0.4, -0.2) is 29.8 Å². The van der Waals surface area contributed by atoms with E-state index in [0.29, 0.717) is 0 Å². The second-order valence-corrected chi connectivity index (χ2v) is 3.87. The van der Waals surface area contributed by atoms with Gasteiger partial charge in [-0.1, -0.05) is 0 Å². The molecule has 0 radical (unpaired) electrons. The minimum absolute atomic E-state index is 0.0420. The Bertz CT molecular complexity index is 297. The smallest absolute Gasteiger partial charge is 0.0632 e. The predicted molar refractivity (Wildman–Crippen MR) is 61.8 cm³/mol. The van der Waals surface area contributed by atoms with E-state index in [1.54, 1.807) is 6.20 Å². The van der Waals surface area contributed by atoms with Crippen LogP contribution in [0.2, 0.25) is 0 Å². The molecule has 1 aromatic heterocycles.